The molecule has 0 saturated heterocycles. The van der Waals surface area contributed by atoms with Gasteiger partial charge in [-0.25, -0.2) is 4.79 Å². The highest BCUT2D eigenvalue weighted by Crippen LogP contribution is 2.45. The number of terminal acetylenes is 1. The van der Waals surface area contributed by atoms with Crippen LogP contribution in [0.1, 0.15) is 61.3 Å². The third-order valence-electron chi connectivity index (χ3n) is 6.76. The quantitative estimate of drug-likeness (QED) is 0.109. The molecule has 43 heavy (non-hydrogen) atoms. The van der Waals surface area contributed by atoms with Crippen molar-refractivity contribution in [3.05, 3.63) is 12.7 Å². The zero-order valence-corrected chi connectivity index (χ0v) is 27.4. The van der Waals surface area contributed by atoms with E-state index in [-0.39, 0.29) is 18.3 Å². The average Bonchev–Trinajstić information content (AvgIpc) is 3.60. The summed E-state index contributed by atoms with van der Waals surface area (Å²) in [6.45, 7) is 16.1. The molecule has 5 amide bonds. The molecular weight excluding hydrogens is 574 g/mol. The molecule has 242 valence electrons. The van der Waals surface area contributed by atoms with Crippen LogP contribution in [0.3, 0.4) is 0 Å². The summed E-state index contributed by atoms with van der Waals surface area (Å²) in [5, 5.41) is 24.1. The lowest BCUT2D eigenvalue weighted by atomic mass is 9.97. The monoisotopic (exact) mass is 623 g/mol. The first-order chi connectivity index (χ1) is 19.9. The van der Waals surface area contributed by atoms with Crippen LogP contribution >= 0.6 is 11.8 Å². The molecule has 1 aliphatic carbocycles. The van der Waals surface area contributed by atoms with Crippen molar-refractivity contribution < 1.29 is 33.8 Å². The zero-order chi connectivity index (χ0) is 33.1. The Morgan fingerprint density at radius 3 is 2.23 bits per heavy atom. The molecule has 0 bridgehead atoms. The van der Waals surface area contributed by atoms with Gasteiger partial charge in [0, 0.05) is 18.4 Å². The molecule has 0 aromatic heterocycles. The molecule has 6 N–H and O–H groups in total. The molecule has 1 rings (SSSR count). The summed E-state index contributed by atoms with van der Waals surface area (Å²) in [7, 11) is 0. The largest absolute Gasteiger partial charge is 0.444 e. The number of aliphatic hydroxyl groups excluding tert-OH is 1. The maximum atomic E-state index is 13.5. The Kier molecular flexibility index (Phi) is 14.6. The molecule has 0 aromatic carbocycles. The fourth-order valence-electron chi connectivity index (χ4n) is 4.18. The molecule has 1 fully saturated rings. The van der Waals surface area contributed by atoms with Crippen LogP contribution in [-0.2, 0) is 23.9 Å². The van der Waals surface area contributed by atoms with E-state index in [0.717, 1.165) is 0 Å². The van der Waals surface area contributed by atoms with Crippen LogP contribution in [0.15, 0.2) is 12.7 Å². The minimum atomic E-state index is -1.24. The fourth-order valence-corrected chi connectivity index (χ4v) is 4.99. The van der Waals surface area contributed by atoms with Crippen molar-refractivity contribution in [1.29, 1.82) is 0 Å². The van der Waals surface area contributed by atoms with E-state index in [1.165, 1.54) is 24.8 Å². The Balaban J connectivity index is 2.86. The Morgan fingerprint density at radius 1 is 1.09 bits per heavy atom. The highest BCUT2D eigenvalue weighted by Gasteiger charge is 2.61. The molecule has 12 nitrogen and oxygen atoms in total. The van der Waals surface area contributed by atoms with E-state index in [4.69, 9.17) is 11.2 Å². The van der Waals surface area contributed by atoms with Gasteiger partial charge in [0.1, 0.15) is 17.2 Å². The smallest absolute Gasteiger partial charge is 0.408 e. The van der Waals surface area contributed by atoms with Gasteiger partial charge in [-0.3, -0.25) is 19.2 Å². The molecule has 0 spiro atoms. The Labute approximate surface area is 259 Å². The van der Waals surface area contributed by atoms with E-state index in [9.17, 15) is 29.1 Å². The van der Waals surface area contributed by atoms with Gasteiger partial charge in [0.15, 0.2) is 6.04 Å². The van der Waals surface area contributed by atoms with Crippen LogP contribution in [-0.4, -0.2) is 88.8 Å². The topological polar surface area (TPSA) is 175 Å². The fraction of sp³-hybridized carbons (Fsp3) is 0.700. The summed E-state index contributed by atoms with van der Waals surface area (Å²) in [6.07, 6.45) is 7.01. The molecule has 7 atom stereocenters. The molecule has 0 heterocycles. The molecule has 0 aliphatic heterocycles. The number of rotatable bonds is 16. The normalized spacial score (nSPS) is 21.1. The van der Waals surface area contributed by atoms with Crippen LogP contribution in [0.25, 0.3) is 0 Å². The summed E-state index contributed by atoms with van der Waals surface area (Å²) < 4.78 is 5.20. The Bertz CT molecular complexity index is 1070. The summed E-state index contributed by atoms with van der Waals surface area (Å²) >= 11 is 1.52. The van der Waals surface area contributed by atoms with Crippen molar-refractivity contribution in [3.63, 3.8) is 0 Å². The molecular formula is C30H49N5O7S. The highest BCUT2D eigenvalue weighted by atomic mass is 32.2. The van der Waals surface area contributed by atoms with Gasteiger partial charge >= 0.3 is 6.09 Å². The molecule has 1 unspecified atom stereocenters. The lowest BCUT2D eigenvalue weighted by Gasteiger charge is -2.28. The molecule has 13 heteroatoms. The number of thioether (sulfide) groups is 1. The van der Waals surface area contributed by atoms with Gasteiger partial charge in [0.25, 0.3) is 5.91 Å². The maximum absolute atomic E-state index is 13.5. The van der Waals surface area contributed by atoms with Gasteiger partial charge in [0.2, 0.25) is 17.7 Å². The van der Waals surface area contributed by atoms with E-state index >= 15 is 0 Å². The first-order valence-electron chi connectivity index (χ1n) is 14.4. The van der Waals surface area contributed by atoms with Gasteiger partial charge in [-0.2, -0.15) is 11.8 Å². The van der Waals surface area contributed by atoms with Gasteiger partial charge < -0.3 is 36.4 Å². The number of aliphatic hydroxyl groups is 1. The van der Waals surface area contributed by atoms with Crippen LogP contribution in [0.4, 0.5) is 4.79 Å². The Morgan fingerprint density at radius 2 is 1.72 bits per heavy atom. The number of amides is 5. The van der Waals surface area contributed by atoms with Crippen LogP contribution in [0.2, 0.25) is 0 Å². The van der Waals surface area contributed by atoms with Gasteiger partial charge in [-0.05, 0) is 58.5 Å². The van der Waals surface area contributed by atoms with Crippen LogP contribution in [0.5, 0.6) is 0 Å². The number of hydrogen-bond donors (Lipinski definition) is 6. The minimum absolute atomic E-state index is 0.0713. The average molecular weight is 624 g/mol. The van der Waals surface area contributed by atoms with Crippen molar-refractivity contribution in [3.8, 4) is 12.3 Å². The van der Waals surface area contributed by atoms with E-state index in [0.29, 0.717) is 18.7 Å². The van der Waals surface area contributed by atoms with Crippen LogP contribution < -0.4 is 26.6 Å². The second-order valence-corrected chi connectivity index (χ2v) is 13.3. The molecule has 1 saturated carbocycles. The zero-order valence-electron chi connectivity index (χ0n) is 26.5. The molecule has 1 aliphatic rings. The van der Waals surface area contributed by atoms with Crippen molar-refractivity contribution in [2.45, 2.75) is 96.7 Å². The van der Waals surface area contributed by atoms with Crippen LogP contribution in [0, 0.1) is 30.1 Å². The lowest BCUT2D eigenvalue weighted by molar-refractivity contribution is -0.132. The van der Waals surface area contributed by atoms with E-state index < -0.39 is 71.0 Å². The van der Waals surface area contributed by atoms with E-state index in [1.54, 1.807) is 27.7 Å². The van der Waals surface area contributed by atoms with Gasteiger partial charge in [-0.1, -0.05) is 32.8 Å². The lowest BCUT2D eigenvalue weighted by Crippen LogP contribution is -2.58. The number of alkyl carbamates (subject to hydrolysis) is 1. The maximum Gasteiger partial charge on any atom is 0.408 e. The predicted octanol–water partition coefficient (Wildman–Crippen LogP) is 1.09. The number of hydrogen-bond acceptors (Lipinski definition) is 8. The van der Waals surface area contributed by atoms with Crippen molar-refractivity contribution >= 4 is 41.5 Å². The van der Waals surface area contributed by atoms with Crippen molar-refractivity contribution in [2.24, 2.45) is 17.8 Å². The van der Waals surface area contributed by atoms with E-state index in [2.05, 4.69) is 39.1 Å². The SMILES string of the molecule is C#C[C@H](NC(=O)[C@H](C)C[C@H](O)[C@H](C=C)NC(=O)C1(NC(=O)[C@H](C)NC(=O)OC(C)(C)C)C[C@H]1CSC)C(=O)NCC(C)C. The number of carbonyl (C=O) groups is 5. The predicted molar refractivity (Wildman–Crippen MR) is 167 cm³/mol. The third-order valence-corrected chi connectivity index (χ3v) is 7.50. The summed E-state index contributed by atoms with van der Waals surface area (Å²) in [6, 6.07) is -3.09. The summed E-state index contributed by atoms with van der Waals surface area (Å²) in [5.41, 5.74) is -1.98. The highest BCUT2D eigenvalue weighted by molar-refractivity contribution is 7.98. The molecule has 0 aromatic rings. The molecule has 0 radical (unpaired) electrons. The minimum Gasteiger partial charge on any atom is -0.444 e. The van der Waals surface area contributed by atoms with E-state index in [1.807, 2.05) is 20.1 Å². The summed E-state index contributed by atoms with van der Waals surface area (Å²) in [4.78, 5) is 63.6. The third kappa shape index (κ3) is 12.1. The Hall–Kier alpha value is -3.24. The summed E-state index contributed by atoms with van der Waals surface area (Å²) in [5.74, 6) is 0.0170. The van der Waals surface area contributed by atoms with Crippen molar-refractivity contribution in [2.75, 3.05) is 18.6 Å². The van der Waals surface area contributed by atoms with Gasteiger partial charge in [-0.15, -0.1) is 13.0 Å². The standard InChI is InChI=1S/C30H49N5O7S/c1-11-21(23(36)13-18(5)24(37)33-22(12-2)26(39)31-15-17(3)4)34-27(40)30(14-20(30)16-43-10)35-25(38)19(6)32-28(41)42-29(7,8)9/h2,11,17-23,36H,1,13-16H2,3-10H3,(H,31,39)(H,32,41)(H,33,37)(H,34,40)(H,35,38)/t18-,19+,20+,21+,22+,23+,30?/m1/s1. The number of ether oxygens (including phenoxy) is 1. The van der Waals surface area contributed by atoms with Crippen molar-refractivity contribution in [1.82, 2.24) is 26.6 Å². The second kappa shape index (κ2) is 16.6. The first kappa shape index (κ1) is 37.8. The number of nitrogens with one attached hydrogen (secondary N) is 5. The second-order valence-electron chi connectivity index (χ2n) is 12.4. The van der Waals surface area contributed by atoms with Gasteiger partial charge in [0.05, 0.1) is 12.1 Å². The first-order valence-corrected chi connectivity index (χ1v) is 15.8. The number of carbonyl (C=O) groups excluding carboxylic acids is 5.